The van der Waals surface area contributed by atoms with Crippen LogP contribution in [0.2, 0.25) is 10.0 Å². The van der Waals surface area contributed by atoms with Crippen LogP contribution >= 0.6 is 23.2 Å². The van der Waals surface area contributed by atoms with Crippen molar-refractivity contribution < 1.29 is 4.79 Å². The third-order valence-electron chi connectivity index (χ3n) is 1.99. The van der Waals surface area contributed by atoms with Crippen LogP contribution in [0.15, 0.2) is 12.3 Å². The highest BCUT2D eigenvalue weighted by Crippen LogP contribution is 2.22. The lowest BCUT2D eigenvalue weighted by molar-refractivity contribution is -0.122. The summed E-state index contributed by atoms with van der Waals surface area (Å²) in [5.74, 6) is 0.343. The standard InChI is InChI=1S/C11H15Cl2N3O/c1-6(2)15-11(17)7(3)16-10-9(13)4-8(12)5-14-10/h4-7H,1-3H3,(H,14,16)(H,15,17). The Hall–Kier alpha value is -1.000. The molecule has 0 aliphatic carbocycles. The third kappa shape index (κ3) is 4.40. The molecule has 0 aliphatic rings. The number of pyridine rings is 1. The molecule has 0 aliphatic heterocycles. The largest absolute Gasteiger partial charge is 0.357 e. The van der Waals surface area contributed by atoms with Gasteiger partial charge in [-0.15, -0.1) is 0 Å². The molecule has 1 aromatic heterocycles. The predicted octanol–water partition coefficient (Wildman–Crippen LogP) is 2.71. The number of hydrogen-bond acceptors (Lipinski definition) is 3. The summed E-state index contributed by atoms with van der Waals surface area (Å²) in [5, 5.41) is 6.57. The maximum Gasteiger partial charge on any atom is 0.242 e. The van der Waals surface area contributed by atoms with Crippen molar-refractivity contribution in [2.24, 2.45) is 0 Å². The first-order chi connectivity index (χ1) is 7.90. The second-order valence-corrected chi connectivity index (χ2v) is 4.86. The van der Waals surface area contributed by atoms with Crippen molar-refractivity contribution in [3.05, 3.63) is 22.3 Å². The zero-order chi connectivity index (χ0) is 13.0. The molecule has 0 saturated carbocycles. The lowest BCUT2D eigenvalue weighted by atomic mass is 10.2. The Morgan fingerprint density at radius 2 is 2.00 bits per heavy atom. The number of nitrogens with one attached hydrogen (secondary N) is 2. The molecule has 2 N–H and O–H groups in total. The predicted molar refractivity (Wildman–Crippen MR) is 70.6 cm³/mol. The third-order valence-corrected chi connectivity index (χ3v) is 2.48. The number of hydrogen-bond donors (Lipinski definition) is 2. The monoisotopic (exact) mass is 275 g/mol. The van der Waals surface area contributed by atoms with Gasteiger partial charge in [0.05, 0.1) is 10.0 Å². The minimum atomic E-state index is -0.413. The highest BCUT2D eigenvalue weighted by molar-refractivity contribution is 6.36. The summed E-state index contributed by atoms with van der Waals surface area (Å²) < 4.78 is 0. The lowest BCUT2D eigenvalue weighted by Gasteiger charge is -2.17. The normalized spacial score (nSPS) is 12.4. The van der Waals surface area contributed by atoms with Crippen LogP contribution in [0.3, 0.4) is 0 Å². The first-order valence-electron chi connectivity index (χ1n) is 5.28. The Balaban J connectivity index is 2.67. The minimum Gasteiger partial charge on any atom is -0.357 e. The molecule has 1 aromatic rings. The van der Waals surface area contributed by atoms with Crippen molar-refractivity contribution in [2.75, 3.05) is 5.32 Å². The highest BCUT2D eigenvalue weighted by atomic mass is 35.5. The number of carbonyl (C=O) groups is 1. The van der Waals surface area contributed by atoms with Crippen LogP contribution in [0, 0.1) is 0 Å². The number of halogens is 2. The maximum atomic E-state index is 11.7. The second-order valence-electron chi connectivity index (χ2n) is 4.01. The summed E-state index contributed by atoms with van der Waals surface area (Å²) in [5.41, 5.74) is 0. The van der Waals surface area contributed by atoms with Crippen LogP contribution in [-0.2, 0) is 4.79 Å². The molecule has 0 radical (unpaired) electrons. The Bertz CT molecular complexity index is 410. The molecule has 1 unspecified atom stereocenters. The summed E-state index contributed by atoms with van der Waals surface area (Å²) in [6.07, 6.45) is 1.48. The molecule has 94 valence electrons. The Kier molecular flexibility index (Phi) is 5.02. The molecular formula is C11H15Cl2N3O. The summed E-state index contributed by atoms with van der Waals surface area (Å²) in [4.78, 5) is 15.7. The maximum absolute atomic E-state index is 11.7. The zero-order valence-corrected chi connectivity index (χ0v) is 11.4. The quantitative estimate of drug-likeness (QED) is 0.889. The Morgan fingerprint density at radius 3 is 2.53 bits per heavy atom. The fraction of sp³-hybridized carbons (Fsp3) is 0.455. The average Bonchev–Trinajstić information content (AvgIpc) is 2.21. The van der Waals surface area contributed by atoms with E-state index < -0.39 is 6.04 Å². The fourth-order valence-corrected chi connectivity index (χ4v) is 1.64. The van der Waals surface area contributed by atoms with Crippen LogP contribution in [0.25, 0.3) is 0 Å². The van der Waals surface area contributed by atoms with Gasteiger partial charge in [0.2, 0.25) is 5.91 Å². The highest BCUT2D eigenvalue weighted by Gasteiger charge is 2.15. The smallest absolute Gasteiger partial charge is 0.242 e. The van der Waals surface area contributed by atoms with Gasteiger partial charge in [-0.25, -0.2) is 4.98 Å². The minimum absolute atomic E-state index is 0.0976. The Labute approximate surface area is 111 Å². The molecule has 1 atom stereocenters. The van der Waals surface area contributed by atoms with Gasteiger partial charge in [0.15, 0.2) is 0 Å². The van der Waals surface area contributed by atoms with Gasteiger partial charge in [0.25, 0.3) is 0 Å². The van der Waals surface area contributed by atoms with E-state index in [4.69, 9.17) is 23.2 Å². The first-order valence-corrected chi connectivity index (χ1v) is 6.03. The molecular weight excluding hydrogens is 261 g/mol. The van der Waals surface area contributed by atoms with Gasteiger partial charge in [-0.2, -0.15) is 0 Å². The number of anilines is 1. The van der Waals surface area contributed by atoms with Crippen molar-refractivity contribution in [1.82, 2.24) is 10.3 Å². The summed E-state index contributed by atoms with van der Waals surface area (Å²) in [6, 6.07) is 1.26. The topological polar surface area (TPSA) is 54.0 Å². The van der Waals surface area contributed by atoms with Gasteiger partial charge in [-0.3, -0.25) is 4.79 Å². The Morgan fingerprint density at radius 1 is 1.35 bits per heavy atom. The van der Waals surface area contributed by atoms with Gasteiger partial charge >= 0.3 is 0 Å². The van der Waals surface area contributed by atoms with E-state index in [0.29, 0.717) is 15.9 Å². The van der Waals surface area contributed by atoms with Crippen molar-refractivity contribution in [1.29, 1.82) is 0 Å². The van der Waals surface area contributed by atoms with Crippen molar-refractivity contribution in [3.8, 4) is 0 Å². The van der Waals surface area contributed by atoms with Gasteiger partial charge in [-0.1, -0.05) is 23.2 Å². The van der Waals surface area contributed by atoms with E-state index >= 15 is 0 Å². The molecule has 0 bridgehead atoms. The van der Waals surface area contributed by atoms with Crippen molar-refractivity contribution in [3.63, 3.8) is 0 Å². The van der Waals surface area contributed by atoms with E-state index in [1.807, 2.05) is 13.8 Å². The molecule has 1 heterocycles. The molecule has 0 saturated heterocycles. The molecule has 0 spiro atoms. The van der Waals surface area contributed by atoms with Crippen molar-refractivity contribution in [2.45, 2.75) is 32.9 Å². The van der Waals surface area contributed by atoms with Crippen LogP contribution < -0.4 is 10.6 Å². The zero-order valence-electron chi connectivity index (χ0n) is 9.92. The van der Waals surface area contributed by atoms with E-state index in [2.05, 4.69) is 15.6 Å². The fourth-order valence-electron chi connectivity index (χ4n) is 1.20. The van der Waals surface area contributed by atoms with Gasteiger partial charge in [0, 0.05) is 12.2 Å². The molecule has 17 heavy (non-hydrogen) atoms. The molecule has 0 aromatic carbocycles. The lowest BCUT2D eigenvalue weighted by Crippen LogP contribution is -2.41. The SMILES string of the molecule is CC(C)NC(=O)C(C)Nc1ncc(Cl)cc1Cl. The van der Waals surface area contributed by atoms with Crippen LogP contribution in [0.1, 0.15) is 20.8 Å². The van der Waals surface area contributed by atoms with Gasteiger partial charge < -0.3 is 10.6 Å². The number of nitrogens with zero attached hydrogens (tertiary/aromatic N) is 1. The van der Waals surface area contributed by atoms with E-state index in [-0.39, 0.29) is 11.9 Å². The van der Waals surface area contributed by atoms with Crippen molar-refractivity contribution >= 4 is 34.9 Å². The molecule has 6 heteroatoms. The van der Waals surface area contributed by atoms with E-state index in [1.54, 1.807) is 13.0 Å². The van der Waals surface area contributed by atoms with Gasteiger partial charge in [-0.05, 0) is 26.8 Å². The first kappa shape index (κ1) is 14.1. The molecule has 4 nitrogen and oxygen atoms in total. The van der Waals surface area contributed by atoms with Crippen LogP contribution in [0.5, 0.6) is 0 Å². The number of aromatic nitrogens is 1. The second kappa shape index (κ2) is 6.07. The number of carbonyl (C=O) groups excluding carboxylic acids is 1. The van der Waals surface area contributed by atoms with E-state index in [0.717, 1.165) is 0 Å². The van der Waals surface area contributed by atoms with E-state index in [9.17, 15) is 4.79 Å². The number of rotatable bonds is 4. The summed E-state index contributed by atoms with van der Waals surface area (Å²) in [6.45, 7) is 5.54. The van der Waals surface area contributed by atoms with Gasteiger partial charge in [0.1, 0.15) is 11.9 Å². The average molecular weight is 276 g/mol. The van der Waals surface area contributed by atoms with Crippen LogP contribution in [0.4, 0.5) is 5.82 Å². The molecule has 1 rings (SSSR count). The number of amides is 1. The summed E-state index contributed by atoms with van der Waals surface area (Å²) in [7, 11) is 0. The van der Waals surface area contributed by atoms with Crippen LogP contribution in [-0.4, -0.2) is 23.0 Å². The summed E-state index contributed by atoms with van der Waals surface area (Å²) >= 11 is 11.7. The molecule has 1 amide bonds. The molecule has 0 fully saturated rings. The van der Waals surface area contributed by atoms with E-state index in [1.165, 1.54) is 6.20 Å².